The lowest BCUT2D eigenvalue weighted by Gasteiger charge is -2.25. The number of hydrogen-bond acceptors (Lipinski definition) is 5. The second-order valence-corrected chi connectivity index (χ2v) is 6.06. The number of rotatable bonds is 7. The minimum absolute atomic E-state index is 0.0125. The molecule has 2 rings (SSSR count). The Bertz CT molecular complexity index is 703. The Morgan fingerprint density at radius 2 is 1.64 bits per heavy atom. The van der Waals surface area contributed by atoms with Crippen molar-refractivity contribution in [3.63, 3.8) is 0 Å². The summed E-state index contributed by atoms with van der Waals surface area (Å²) in [5, 5.41) is 11.2. The number of hydrogen-bond donors (Lipinski definition) is 1. The molecule has 0 bridgehead atoms. The maximum Gasteiger partial charge on any atom is 0.264 e. The van der Waals surface area contributed by atoms with Crippen molar-refractivity contribution in [2.45, 2.75) is 39.0 Å². The monoisotopic (exact) mass is 343 g/mol. The first-order chi connectivity index (χ1) is 12.0. The van der Waals surface area contributed by atoms with Gasteiger partial charge in [-0.25, -0.2) is 0 Å². The van der Waals surface area contributed by atoms with Gasteiger partial charge in [-0.3, -0.25) is 4.79 Å². The van der Waals surface area contributed by atoms with Gasteiger partial charge in [0, 0.05) is 5.41 Å². The predicted molar refractivity (Wildman–Crippen MR) is 97.5 cm³/mol. The van der Waals surface area contributed by atoms with Gasteiger partial charge in [0.1, 0.15) is 17.1 Å². The largest absolute Gasteiger partial charge is 0.496 e. The second-order valence-electron chi connectivity index (χ2n) is 6.06. The minimum atomic E-state index is -0.356. The summed E-state index contributed by atoms with van der Waals surface area (Å²) in [6.45, 7) is 6.43. The third kappa shape index (κ3) is 3.90. The number of amides is 1. The Hall–Kier alpha value is -2.63. The van der Waals surface area contributed by atoms with Gasteiger partial charge in [-0.15, -0.1) is 5.10 Å². The Kier molecular flexibility index (Phi) is 5.96. The highest BCUT2D eigenvalue weighted by atomic mass is 16.5. The molecule has 1 heterocycles. The van der Waals surface area contributed by atoms with Crippen LogP contribution in [0.1, 0.15) is 49.7 Å². The summed E-state index contributed by atoms with van der Waals surface area (Å²) in [6, 6.07) is 8.86. The number of ether oxygens (including phenoxy) is 2. The molecular weight excluding hydrogens is 318 g/mol. The summed E-state index contributed by atoms with van der Waals surface area (Å²) in [7, 11) is 3.02. The van der Waals surface area contributed by atoms with Crippen molar-refractivity contribution in [1.29, 1.82) is 0 Å². The third-order valence-corrected chi connectivity index (χ3v) is 4.74. The first-order valence-corrected chi connectivity index (χ1v) is 8.35. The first kappa shape index (κ1) is 18.7. The number of benzene rings is 1. The van der Waals surface area contributed by atoms with Gasteiger partial charge in [0.2, 0.25) is 0 Å². The van der Waals surface area contributed by atoms with Gasteiger partial charge >= 0.3 is 0 Å². The quantitative estimate of drug-likeness (QED) is 0.827. The van der Waals surface area contributed by atoms with Crippen molar-refractivity contribution in [2.75, 3.05) is 19.5 Å². The average Bonchev–Trinajstić information content (AvgIpc) is 2.67. The highest BCUT2D eigenvalue weighted by molar-refractivity contribution is 6.07. The Balaban J connectivity index is 2.25. The van der Waals surface area contributed by atoms with Crippen molar-refractivity contribution in [3.05, 3.63) is 41.6 Å². The number of carbonyl (C=O) groups excluding carboxylic acids is 1. The van der Waals surface area contributed by atoms with E-state index in [0.717, 1.165) is 18.5 Å². The normalized spacial score (nSPS) is 11.1. The van der Waals surface area contributed by atoms with Crippen molar-refractivity contribution < 1.29 is 14.3 Å². The zero-order chi connectivity index (χ0) is 18.4. The molecule has 0 spiro atoms. The van der Waals surface area contributed by atoms with E-state index in [2.05, 4.69) is 36.3 Å². The lowest BCUT2D eigenvalue weighted by atomic mass is 9.81. The van der Waals surface area contributed by atoms with Crippen LogP contribution >= 0.6 is 0 Å². The van der Waals surface area contributed by atoms with Gasteiger partial charge in [0.15, 0.2) is 5.82 Å². The lowest BCUT2D eigenvalue weighted by Crippen LogP contribution is -2.22. The Morgan fingerprint density at radius 1 is 1.04 bits per heavy atom. The molecular formula is C19H25N3O3. The molecule has 0 saturated heterocycles. The summed E-state index contributed by atoms with van der Waals surface area (Å²) < 4.78 is 10.5. The van der Waals surface area contributed by atoms with Crippen LogP contribution in [0.4, 0.5) is 5.82 Å². The molecule has 6 nitrogen and oxygen atoms in total. The van der Waals surface area contributed by atoms with E-state index >= 15 is 0 Å². The summed E-state index contributed by atoms with van der Waals surface area (Å²) in [6.07, 6.45) is 1.95. The maximum absolute atomic E-state index is 12.6. The number of aromatic nitrogens is 2. The molecule has 25 heavy (non-hydrogen) atoms. The van der Waals surface area contributed by atoms with E-state index in [9.17, 15) is 4.79 Å². The molecule has 134 valence electrons. The van der Waals surface area contributed by atoms with E-state index in [1.165, 1.54) is 14.2 Å². The smallest absolute Gasteiger partial charge is 0.264 e. The molecule has 0 radical (unpaired) electrons. The van der Waals surface area contributed by atoms with Crippen LogP contribution in [-0.4, -0.2) is 30.3 Å². The summed E-state index contributed by atoms with van der Waals surface area (Å²) >= 11 is 0. The molecule has 0 unspecified atom stereocenters. The molecule has 2 aromatic rings. The Morgan fingerprint density at radius 3 is 2.08 bits per heavy atom. The number of nitrogens with one attached hydrogen (secondary N) is 1. The highest BCUT2D eigenvalue weighted by Crippen LogP contribution is 2.30. The van der Waals surface area contributed by atoms with Crippen LogP contribution in [0.15, 0.2) is 30.3 Å². The van der Waals surface area contributed by atoms with Gasteiger partial charge in [-0.1, -0.05) is 26.8 Å². The molecule has 0 atom stereocenters. The zero-order valence-corrected chi connectivity index (χ0v) is 15.4. The van der Waals surface area contributed by atoms with Crippen LogP contribution in [0.2, 0.25) is 0 Å². The maximum atomic E-state index is 12.6. The van der Waals surface area contributed by atoms with E-state index in [0.29, 0.717) is 22.9 Å². The van der Waals surface area contributed by atoms with Crippen LogP contribution < -0.4 is 14.8 Å². The minimum Gasteiger partial charge on any atom is -0.496 e. The van der Waals surface area contributed by atoms with Gasteiger partial charge in [0.05, 0.1) is 19.9 Å². The van der Waals surface area contributed by atoms with Crippen LogP contribution in [0.5, 0.6) is 11.5 Å². The zero-order valence-electron chi connectivity index (χ0n) is 15.4. The molecule has 0 fully saturated rings. The molecule has 0 saturated carbocycles. The topological polar surface area (TPSA) is 73.3 Å². The third-order valence-electron chi connectivity index (χ3n) is 4.74. The van der Waals surface area contributed by atoms with E-state index in [4.69, 9.17) is 9.47 Å². The first-order valence-electron chi connectivity index (χ1n) is 8.35. The highest BCUT2D eigenvalue weighted by Gasteiger charge is 2.25. The average molecular weight is 343 g/mol. The lowest BCUT2D eigenvalue weighted by molar-refractivity contribution is 0.102. The van der Waals surface area contributed by atoms with E-state index in [1.54, 1.807) is 24.3 Å². The second kappa shape index (κ2) is 7.96. The van der Waals surface area contributed by atoms with E-state index < -0.39 is 0 Å². The molecule has 0 aliphatic rings. The number of carbonyl (C=O) groups is 1. The molecule has 6 heteroatoms. The summed E-state index contributed by atoms with van der Waals surface area (Å²) in [4.78, 5) is 12.6. The van der Waals surface area contributed by atoms with Crippen LogP contribution in [0.25, 0.3) is 0 Å². The van der Waals surface area contributed by atoms with Gasteiger partial charge in [-0.05, 0) is 37.1 Å². The van der Waals surface area contributed by atoms with Crippen LogP contribution in [0.3, 0.4) is 0 Å². The predicted octanol–water partition coefficient (Wildman–Crippen LogP) is 3.82. The summed E-state index contributed by atoms with van der Waals surface area (Å²) in [5.74, 6) is 0.901. The fourth-order valence-electron chi connectivity index (χ4n) is 2.59. The molecule has 0 aliphatic heterocycles. The van der Waals surface area contributed by atoms with Crippen molar-refractivity contribution in [2.24, 2.45) is 0 Å². The number of anilines is 1. The van der Waals surface area contributed by atoms with Gasteiger partial charge in [-0.2, -0.15) is 5.10 Å². The molecule has 1 aromatic carbocycles. The SMILES string of the molecule is CCC(C)(CC)c1ccc(NC(=O)c2c(OC)cccc2OC)nn1. The molecule has 1 N–H and O–H groups in total. The fourth-order valence-corrected chi connectivity index (χ4v) is 2.59. The van der Waals surface area contributed by atoms with Gasteiger partial charge < -0.3 is 14.8 Å². The number of methoxy groups -OCH3 is 2. The van der Waals surface area contributed by atoms with Crippen LogP contribution in [-0.2, 0) is 5.41 Å². The molecule has 1 aromatic heterocycles. The molecule has 1 amide bonds. The van der Waals surface area contributed by atoms with Crippen molar-refractivity contribution >= 4 is 11.7 Å². The number of nitrogens with zero attached hydrogens (tertiary/aromatic N) is 2. The standard InChI is InChI=1S/C19H25N3O3/c1-6-19(3,7-2)15-11-12-16(22-21-15)20-18(23)17-13(24-4)9-8-10-14(17)25-5/h8-12H,6-7H2,1-5H3,(H,20,22,23). The van der Waals surface area contributed by atoms with E-state index in [-0.39, 0.29) is 11.3 Å². The van der Waals surface area contributed by atoms with Crippen LogP contribution in [0, 0.1) is 0 Å². The Labute approximate surface area is 148 Å². The van der Waals surface area contributed by atoms with E-state index in [1.807, 2.05) is 6.07 Å². The molecule has 0 aliphatic carbocycles. The van der Waals surface area contributed by atoms with Gasteiger partial charge in [0.25, 0.3) is 5.91 Å². The van der Waals surface area contributed by atoms with Crippen molar-refractivity contribution in [1.82, 2.24) is 10.2 Å². The van der Waals surface area contributed by atoms with Crippen molar-refractivity contribution in [3.8, 4) is 11.5 Å². The summed E-state index contributed by atoms with van der Waals surface area (Å²) in [5.41, 5.74) is 1.23. The fraction of sp³-hybridized carbons (Fsp3) is 0.421.